The molecule has 0 spiro atoms. The fourth-order valence-electron chi connectivity index (χ4n) is 4.28. The highest BCUT2D eigenvalue weighted by Gasteiger charge is 2.38. The van der Waals surface area contributed by atoms with E-state index in [1.54, 1.807) is 9.80 Å². The zero-order valence-corrected chi connectivity index (χ0v) is 18.9. The van der Waals surface area contributed by atoms with Crippen molar-refractivity contribution < 1.29 is 18.9 Å². The standard InChI is InChI=1S/C22H34N4O4/c1-15-17(16(2)30-23-15)13-19(27)24-9-11-25(12-10-24)21(29)18-7-6-8-26(18)20(28)14-22(3,4)5/h18H,6-14H2,1-5H3. The van der Waals surface area contributed by atoms with Crippen LogP contribution in [0.3, 0.4) is 0 Å². The summed E-state index contributed by atoms with van der Waals surface area (Å²) in [7, 11) is 0. The third-order valence-corrected chi connectivity index (χ3v) is 5.99. The highest BCUT2D eigenvalue weighted by Crippen LogP contribution is 2.26. The molecule has 2 aliphatic rings. The van der Waals surface area contributed by atoms with Gasteiger partial charge in [-0.25, -0.2) is 0 Å². The van der Waals surface area contributed by atoms with Gasteiger partial charge in [-0.1, -0.05) is 25.9 Å². The predicted molar refractivity (Wildman–Crippen MR) is 112 cm³/mol. The number of hydrogen-bond acceptors (Lipinski definition) is 5. The van der Waals surface area contributed by atoms with E-state index in [2.05, 4.69) is 5.16 Å². The molecule has 3 amide bonds. The molecule has 0 N–H and O–H groups in total. The molecule has 1 atom stereocenters. The van der Waals surface area contributed by atoms with Crippen molar-refractivity contribution in [3.05, 3.63) is 17.0 Å². The van der Waals surface area contributed by atoms with Gasteiger partial charge in [-0.2, -0.15) is 0 Å². The highest BCUT2D eigenvalue weighted by molar-refractivity contribution is 5.88. The Balaban J connectivity index is 1.54. The Morgan fingerprint density at radius 3 is 2.20 bits per heavy atom. The number of amides is 3. The summed E-state index contributed by atoms with van der Waals surface area (Å²) in [5.41, 5.74) is 1.49. The largest absolute Gasteiger partial charge is 0.361 e. The Labute approximate surface area is 178 Å². The van der Waals surface area contributed by atoms with E-state index in [1.165, 1.54) is 0 Å². The number of hydrogen-bond donors (Lipinski definition) is 0. The van der Waals surface area contributed by atoms with Gasteiger partial charge in [0.05, 0.1) is 12.1 Å². The van der Waals surface area contributed by atoms with E-state index in [4.69, 9.17) is 4.52 Å². The minimum atomic E-state index is -0.357. The van der Waals surface area contributed by atoms with Gasteiger partial charge in [0, 0.05) is 44.7 Å². The van der Waals surface area contributed by atoms with Crippen LogP contribution in [0.25, 0.3) is 0 Å². The number of likely N-dealkylation sites (tertiary alicyclic amines) is 1. The maximum Gasteiger partial charge on any atom is 0.245 e. The molecule has 0 bridgehead atoms. The molecule has 2 saturated heterocycles. The third-order valence-electron chi connectivity index (χ3n) is 5.99. The summed E-state index contributed by atoms with van der Waals surface area (Å²) in [5, 5.41) is 3.91. The number of carbonyl (C=O) groups is 3. The Kier molecular flexibility index (Phi) is 6.53. The number of aryl methyl sites for hydroxylation is 2. The van der Waals surface area contributed by atoms with Gasteiger partial charge in [0.15, 0.2) is 0 Å². The van der Waals surface area contributed by atoms with Crippen molar-refractivity contribution in [1.29, 1.82) is 0 Å². The van der Waals surface area contributed by atoms with Crippen LogP contribution in [0.1, 0.15) is 57.1 Å². The van der Waals surface area contributed by atoms with Crippen LogP contribution in [-0.2, 0) is 20.8 Å². The van der Waals surface area contributed by atoms with Crippen LogP contribution in [0.15, 0.2) is 4.52 Å². The summed E-state index contributed by atoms with van der Waals surface area (Å²) >= 11 is 0. The molecular formula is C22H34N4O4. The second-order valence-corrected chi connectivity index (χ2v) is 9.67. The molecule has 166 valence electrons. The minimum Gasteiger partial charge on any atom is -0.361 e. The molecule has 0 saturated carbocycles. The highest BCUT2D eigenvalue weighted by atomic mass is 16.5. The molecule has 1 aromatic rings. The van der Waals surface area contributed by atoms with Crippen molar-refractivity contribution in [2.45, 2.75) is 66.3 Å². The smallest absolute Gasteiger partial charge is 0.245 e. The van der Waals surface area contributed by atoms with E-state index >= 15 is 0 Å². The third kappa shape index (κ3) is 5.02. The molecule has 0 radical (unpaired) electrons. The summed E-state index contributed by atoms with van der Waals surface area (Å²) in [4.78, 5) is 43.9. The molecule has 0 aromatic carbocycles. The van der Waals surface area contributed by atoms with Crippen molar-refractivity contribution in [3.8, 4) is 0 Å². The molecule has 30 heavy (non-hydrogen) atoms. The molecule has 3 rings (SSSR count). The summed E-state index contributed by atoms with van der Waals surface area (Å²) < 4.78 is 5.14. The van der Waals surface area contributed by atoms with Crippen LogP contribution in [0, 0.1) is 19.3 Å². The predicted octanol–water partition coefficient (Wildman–Crippen LogP) is 1.93. The number of rotatable bonds is 4. The molecule has 2 aliphatic heterocycles. The minimum absolute atomic E-state index is 0.0209. The van der Waals surface area contributed by atoms with Gasteiger partial charge in [-0.3, -0.25) is 14.4 Å². The average molecular weight is 419 g/mol. The SMILES string of the molecule is Cc1noc(C)c1CC(=O)N1CCN(C(=O)C2CCCN2C(=O)CC(C)(C)C)CC1. The Hall–Kier alpha value is -2.38. The Morgan fingerprint density at radius 2 is 1.63 bits per heavy atom. The molecule has 1 aromatic heterocycles. The average Bonchev–Trinajstić information content (AvgIpc) is 3.29. The summed E-state index contributed by atoms with van der Waals surface area (Å²) in [5.74, 6) is 0.787. The van der Waals surface area contributed by atoms with Crippen LogP contribution in [0.4, 0.5) is 0 Å². The van der Waals surface area contributed by atoms with Gasteiger partial charge in [0.2, 0.25) is 17.7 Å². The van der Waals surface area contributed by atoms with Gasteiger partial charge < -0.3 is 19.2 Å². The first-order valence-electron chi connectivity index (χ1n) is 10.8. The van der Waals surface area contributed by atoms with E-state index in [9.17, 15) is 14.4 Å². The molecule has 3 heterocycles. The topological polar surface area (TPSA) is 87.0 Å². The lowest BCUT2D eigenvalue weighted by molar-refractivity contribution is -0.147. The van der Waals surface area contributed by atoms with Crippen molar-refractivity contribution >= 4 is 17.7 Å². The molecule has 8 heteroatoms. The molecule has 1 unspecified atom stereocenters. The monoisotopic (exact) mass is 418 g/mol. The van der Waals surface area contributed by atoms with Crippen LogP contribution in [0.5, 0.6) is 0 Å². The van der Waals surface area contributed by atoms with E-state index < -0.39 is 0 Å². The maximum atomic E-state index is 13.1. The first kappa shape index (κ1) is 22.3. The normalized spacial score (nSPS) is 20.0. The van der Waals surface area contributed by atoms with Crippen molar-refractivity contribution in [1.82, 2.24) is 19.9 Å². The lowest BCUT2D eigenvalue weighted by atomic mass is 9.91. The first-order valence-corrected chi connectivity index (χ1v) is 10.8. The second-order valence-electron chi connectivity index (χ2n) is 9.67. The lowest BCUT2D eigenvalue weighted by Crippen LogP contribution is -2.55. The zero-order valence-electron chi connectivity index (χ0n) is 18.9. The first-order chi connectivity index (χ1) is 14.1. The van der Waals surface area contributed by atoms with Gasteiger partial charge in [-0.15, -0.1) is 0 Å². The fraction of sp³-hybridized carbons (Fsp3) is 0.727. The Bertz CT molecular complexity index is 783. The molecule has 0 aliphatic carbocycles. The Morgan fingerprint density at radius 1 is 1.00 bits per heavy atom. The number of aromatic nitrogens is 1. The van der Waals surface area contributed by atoms with Crippen molar-refractivity contribution in [2.24, 2.45) is 5.41 Å². The van der Waals surface area contributed by atoms with Gasteiger partial charge >= 0.3 is 0 Å². The van der Waals surface area contributed by atoms with Gasteiger partial charge in [-0.05, 0) is 32.1 Å². The molecule has 8 nitrogen and oxygen atoms in total. The molecule has 2 fully saturated rings. The van der Waals surface area contributed by atoms with E-state index in [1.807, 2.05) is 39.5 Å². The van der Waals surface area contributed by atoms with Crippen LogP contribution in [0.2, 0.25) is 0 Å². The quantitative estimate of drug-likeness (QED) is 0.746. The summed E-state index contributed by atoms with van der Waals surface area (Å²) in [6.07, 6.45) is 2.30. The second kappa shape index (κ2) is 8.78. The zero-order chi connectivity index (χ0) is 22.1. The van der Waals surface area contributed by atoms with E-state index in [0.29, 0.717) is 44.9 Å². The fourth-order valence-corrected chi connectivity index (χ4v) is 4.28. The summed E-state index contributed by atoms with van der Waals surface area (Å²) in [6, 6.07) is -0.357. The lowest BCUT2D eigenvalue weighted by Gasteiger charge is -2.37. The van der Waals surface area contributed by atoms with Gasteiger partial charge in [0.25, 0.3) is 0 Å². The maximum absolute atomic E-state index is 13.1. The number of piperazine rings is 1. The van der Waals surface area contributed by atoms with Crippen LogP contribution in [-0.4, -0.2) is 76.3 Å². The van der Waals surface area contributed by atoms with Crippen LogP contribution >= 0.6 is 0 Å². The van der Waals surface area contributed by atoms with E-state index in [-0.39, 0.29) is 35.6 Å². The summed E-state index contributed by atoms with van der Waals surface area (Å²) in [6.45, 7) is 12.4. The van der Waals surface area contributed by atoms with Crippen molar-refractivity contribution in [2.75, 3.05) is 32.7 Å². The van der Waals surface area contributed by atoms with Crippen LogP contribution < -0.4 is 0 Å². The van der Waals surface area contributed by atoms with Gasteiger partial charge in [0.1, 0.15) is 11.8 Å². The number of carbonyl (C=O) groups excluding carboxylic acids is 3. The number of nitrogens with zero attached hydrogens (tertiary/aromatic N) is 4. The van der Waals surface area contributed by atoms with E-state index in [0.717, 1.165) is 24.1 Å². The molecular weight excluding hydrogens is 384 g/mol. The van der Waals surface area contributed by atoms with Crippen molar-refractivity contribution in [3.63, 3.8) is 0 Å².